The van der Waals surface area contributed by atoms with Crippen LogP contribution in [-0.4, -0.2) is 215 Å². The minimum Gasteiger partial charge on any atom is -0.477 e. The van der Waals surface area contributed by atoms with Crippen LogP contribution in [0.4, 0.5) is 0 Å². The highest BCUT2D eigenvalue weighted by Crippen LogP contribution is 2.39. The molecule has 14 N–H and O–H groups in total. The van der Waals surface area contributed by atoms with E-state index in [1.54, 1.807) is 0 Å². The van der Waals surface area contributed by atoms with E-state index in [1.165, 1.54) is 257 Å². The summed E-state index contributed by atoms with van der Waals surface area (Å²) in [5, 5.41) is 137. The number of hydrogen-bond donors (Lipinski definition) is 14. The maximum absolute atomic E-state index is 13.6. The van der Waals surface area contributed by atoms with Crippen LogP contribution in [0.15, 0.2) is 0 Å². The number of aliphatic hydroxyl groups is 11. The van der Waals surface area contributed by atoms with E-state index in [-0.39, 0.29) is 18.9 Å². The van der Waals surface area contributed by atoms with Crippen LogP contribution >= 0.6 is 0 Å². The van der Waals surface area contributed by atoms with E-state index in [4.69, 9.17) is 28.4 Å². The number of amides is 2. The molecule has 0 saturated carbocycles. The van der Waals surface area contributed by atoms with Crippen molar-refractivity contribution in [2.45, 2.75) is 464 Å². The fraction of sp³-hybridized carbons (Fsp3) is 0.963. The Labute approximate surface area is 620 Å². The van der Waals surface area contributed by atoms with Gasteiger partial charge in [0.2, 0.25) is 11.8 Å². The molecule has 2 amide bonds. The molecule has 23 nitrogen and oxygen atoms in total. The zero-order chi connectivity index (χ0) is 75.3. The average Bonchev–Trinajstić information content (AvgIpc) is 0.754. The average molecular weight is 1480 g/mol. The van der Waals surface area contributed by atoms with Gasteiger partial charge in [0, 0.05) is 19.8 Å². The molecule has 3 fully saturated rings. The number of nitrogens with one attached hydrogen (secondary N) is 2. The number of aliphatic hydroxyl groups excluding tert-OH is 11. The SMILES string of the molecule is CCCCCCCCCCCCCCCCCCCCCCCCCCCC(=O)NC(COC1OC(CO)C(OC2OC(CO)C(O)C(OC3(C(=O)O)CC(O)C(NC(C)=O)C(C(O)C(O)CO)O3)C2O)C(O)C1O)C(O)CCCCCCCCCCCCCCCCCCCCCCCCCC. The van der Waals surface area contributed by atoms with Gasteiger partial charge in [0.05, 0.1) is 50.7 Å². The van der Waals surface area contributed by atoms with Gasteiger partial charge < -0.3 is 100 Å². The molecule has 0 bridgehead atoms. The number of aliphatic carboxylic acids is 1. The zero-order valence-electron chi connectivity index (χ0n) is 64.5. The van der Waals surface area contributed by atoms with Gasteiger partial charge in [-0.15, -0.1) is 0 Å². The van der Waals surface area contributed by atoms with Crippen molar-refractivity contribution in [3.63, 3.8) is 0 Å². The van der Waals surface area contributed by atoms with Gasteiger partial charge in [0.1, 0.15) is 67.1 Å². The van der Waals surface area contributed by atoms with E-state index < -0.39 is 148 Å². The van der Waals surface area contributed by atoms with Gasteiger partial charge in [-0.1, -0.05) is 322 Å². The second-order valence-corrected chi connectivity index (χ2v) is 30.7. The Bertz CT molecular complexity index is 2050. The Morgan fingerprint density at radius 1 is 0.466 bits per heavy atom. The predicted octanol–water partition coefficient (Wildman–Crippen LogP) is 11.6. The third-order valence-electron chi connectivity index (χ3n) is 21.6. The third-order valence-corrected chi connectivity index (χ3v) is 21.6. The van der Waals surface area contributed by atoms with E-state index >= 15 is 0 Å². The maximum atomic E-state index is 13.6. The van der Waals surface area contributed by atoms with Crippen LogP contribution in [0.1, 0.15) is 355 Å². The normalized spacial score (nSPS) is 26.4. The molecule has 3 rings (SSSR count). The molecule has 0 aromatic heterocycles. The number of ether oxygens (including phenoxy) is 6. The van der Waals surface area contributed by atoms with Crippen molar-refractivity contribution >= 4 is 17.8 Å². The largest absolute Gasteiger partial charge is 0.477 e. The summed E-state index contributed by atoms with van der Waals surface area (Å²) in [4.78, 5) is 38.7. The lowest BCUT2D eigenvalue weighted by Crippen LogP contribution is -2.70. The first kappa shape index (κ1) is 94.9. The standard InChI is InChI=1S/C80H152N2O21/c1-4-6-8-10-12-14-16-18-20-22-24-26-28-30-32-34-36-38-40-42-44-46-48-50-52-54-67(90)82-61(62(87)53-51-49-47-45-43-41-39-37-35-33-31-29-27-25-23-21-19-17-15-13-11-9-7-5-2)59-98-77-72(94)71(93)74(66(58-85)100-77)101-78-73(95)76(70(92)65(57-84)99-78)103-80(79(96)97)55-63(88)68(81-60(3)86)75(102-80)69(91)64(89)56-83/h61-66,68-78,83-85,87-89,91-95H,4-59H2,1-3H3,(H,81,86)(H,82,90)(H,96,97). The van der Waals surface area contributed by atoms with Crippen molar-refractivity contribution in [2.24, 2.45) is 0 Å². The van der Waals surface area contributed by atoms with Gasteiger partial charge in [-0.3, -0.25) is 9.59 Å². The Hall–Kier alpha value is -2.27. The van der Waals surface area contributed by atoms with Gasteiger partial charge in [-0.05, 0) is 12.8 Å². The second kappa shape index (κ2) is 59.6. The van der Waals surface area contributed by atoms with Gasteiger partial charge in [-0.25, -0.2) is 4.79 Å². The Morgan fingerprint density at radius 2 is 0.845 bits per heavy atom. The lowest BCUT2D eigenvalue weighted by molar-refractivity contribution is -0.386. The predicted molar refractivity (Wildman–Crippen MR) is 399 cm³/mol. The van der Waals surface area contributed by atoms with Crippen molar-refractivity contribution in [3.8, 4) is 0 Å². The molecule has 0 aromatic carbocycles. The van der Waals surface area contributed by atoms with E-state index in [0.29, 0.717) is 19.3 Å². The number of carbonyl (C=O) groups is 3. The van der Waals surface area contributed by atoms with Crippen LogP contribution in [0, 0.1) is 0 Å². The fourth-order valence-corrected chi connectivity index (χ4v) is 15.0. The Morgan fingerprint density at radius 3 is 1.21 bits per heavy atom. The highest BCUT2D eigenvalue weighted by atomic mass is 16.8. The lowest BCUT2D eigenvalue weighted by atomic mass is 9.88. The number of carboxylic acid groups (broad SMARTS) is 1. The maximum Gasteiger partial charge on any atom is 0.364 e. The van der Waals surface area contributed by atoms with E-state index in [0.717, 1.165) is 51.9 Å². The monoisotopic (exact) mass is 1480 g/mol. The molecule has 0 aliphatic carbocycles. The quantitative estimate of drug-likeness (QED) is 0.0252. The fourth-order valence-electron chi connectivity index (χ4n) is 15.0. The molecule has 103 heavy (non-hydrogen) atoms. The van der Waals surface area contributed by atoms with Crippen LogP contribution in [0.25, 0.3) is 0 Å². The summed E-state index contributed by atoms with van der Waals surface area (Å²) < 4.78 is 35.0. The van der Waals surface area contributed by atoms with E-state index in [2.05, 4.69) is 24.5 Å². The summed E-state index contributed by atoms with van der Waals surface area (Å²) in [5.74, 6) is -6.09. The summed E-state index contributed by atoms with van der Waals surface area (Å²) in [7, 11) is 0. The molecule has 3 aliphatic heterocycles. The second-order valence-electron chi connectivity index (χ2n) is 30.7. The summed E-state index contributed by atoms with van der Waals surface area (Å²) in [6.45, 7) is 2.28. The summed E-state index contributed by atoms with van der Waals surface area (Å²) in [6.07, 6.45) is 33.8. The first-order chi connectivity index (χ1) is 49.9. The van der Waals surface area contributed by atoms with Crippen LogP contribution in [0.5, 0.6) is 0 Å². The molecule has 608 valence electrons. The molecule has 23 heteroatoms. The zero-order valence-corrected chi connectivity index (χ0v) is 64.5. The summed E-state index contributed by atoms with van der Waals surface area (Å²) >= 11 is 0. The number of unbranched alkanes of at least 4 members (excludes halogenated alkanes) is 47. The Balaban J connectivity index is 1.50. The van der Waals surface area contributed by atoms with Crippen LogP contribution < -0.4 is 10.6 Å². The molecule has 0 aromatic rings. The number of carbonyl (C=O) groups excluding carboxylic acids is 2. The molecule has 18 unspecified atom stereocenters. The van der Waals surface area contributed by atoms with Crippen molar-refractivity contribution < 1.29 is 104 Å². The van der Waals surface area contributed by atoms with Crippen molar-refractivity contribution in [2.75, 3.05) is 26.4 Å². The molecular weight excluding hydrogens is 1320 g/mol. The minimum atomic E-state index is -3.08. The molecule has 3 heterocycles. The summed E-state index contributed by atoms with van der Waals surface area (Å²) in [6, 6.07) is -2.53. The molecule has 3 aliphatic rings. The van der Waals surface area contributed by atoms with Gasteiger partial charge in [-0.2, -0.15) is 0 Å². The van der Waals surface area contributed by atoms with E-state index in [1.807, 2.05) is 0 Å². The number of carboxylic acids is 1. The minimum absolute atomic E-state index is 0.230. The van der Waals surface area contributed by atoms with Crippen LogP contribution in [-0.2, 0) is 42.8 Å². The third kappa shape index (κ3) is 39.8. The molecular formula is C80H152N2O21. The van der Waals surface area contributed by atoms with Crippen molar-refractivity contribution in [3.05, 3.63) is 0 Å². The molecule has 0 spiro atoms. The molecule has 0 radical (unpaired) electrons. The first-order valence-electron chi connectivity index (χ1n) is 41.9. The van der Waals surface area contributed by atoms with Crippen LogP contribution in [0.2, 0.25) is 0 Å². The molecule has 3 saturated heterocycles. The van der Waals surface area contributed by atoms with Crippen molar-refractivity contribution in [1.82, 2.24) is 10.6 Å². The topological polar surface area (TPSA) is 373 Å². The lowest BCUT2D eigenvalue weighted by Gasteiger charge is -2.50. The van der Waals surface area contributed by atoms with Gasteiger partial charge in [0.15, 0.2) is 12.6 Å². The van der Waals surface area contributed by atoms with Gasteiger partial charge in [0.25, 0.3) is 5.79 Å². The Kier molecular flexibility index (Phi) is 54.9. The number of hydrogen-bond acceptors (Lipinski definition) is 20. The van der Waals surface area contributed by atoms with Crippen LogP contribution in [0.3, 0.4) is 0 Å². The number of rotatable bonds is 67. The first-order valence-corrected chi connectivity index (χ1v) is 41.9. The van der Waals surface area contributed by atoms with Gasteiger partial charge >= 0.3 is 5.97 Å². The van der Waals surface area contributed by atoms with E-state index in [9.17, 15) is 75.7 Å². The van der Waals surface area contributed by atoms with Crippen molar-refractivity contribution in [1.29, 1.82) is 0 Å². The summed E-state index contributed by atoms with van der Waals surface area (Å²) in [5.41, 5.74) is 0. The highest BCUT2D eigenvalue weighted by molar-refractivity contribution is 5.77. The smallest absolute Gasteiger partial charge is 0.364 e. The molecule has 18 atom stereocenters. The highest BCUT2D eigenvalue weighted by Gasteiger charge is 2.60.